The van der Waals surface area contributed by atoms with Crippen molar-refractivity contribution in [1.82, 2.24) is 4.90 Å². The van der Waals surface area contributed by atoms with Gasteiger partial charge in [0, 0.05) is 6.54 Å². The molecule has 0 bridgehead atoms. The van der Waals surface area contributed by atoms with Crippen LogP contribution in [0.1, 0.15) is 27.2 Å². The van der Waals surface area contributed by atoms with Crippen LogP contribution >= 0.6 is 0 Å². The molecule has 0 radical (unpaired) electrons. The summed E-state index contributed by atoms with van der Waals surface area (Å²) in [6, 6.07) is -0.751. The van der Waals surface area contributed by atoms with Gasteiger partial charge in [0.25, 0.3) is 0 Å². The molecular weight excluding hydrogens is 198 g/mol. The molecule has 5 heteroatoms. The summed E-state index contributed by atoms with van der Waals surface area (Å²) in [5.74, 6) is -0.964. The SMILES string of the molecule is CCOC(=O)N1CC(C)(C)C[C@H]1C(=O)O. The smallest absolute Gasteiger partial charge is 0.410 e. The molecule has 0 aromatic carbocycles. The first-order chi connectivity index (χ1) is 6.87. The molecule has 0 unspecified atom stereocenters. The number of hydrogen-bond donors (Lipinski definition) is 1. The highest BCUT2D eigenvalue weighted by Gasteiger charge is 2.44. The summed E-state index contributed by atoms with van der Waals surface area (Å²) >= 11 is 0. The number of ether oxygens (including phenoxy) is 1. The van der Waals surface area contributed by atoms with E-state index < -0.39 is 18.1 Å². The monoisotopic (exact) mass is 215 g/mol. The predicted molar refractivity (Wildman–Crippen MR) is 53.5 cm³/mol. The van der Waals surface area contributed by atoms with Gasteiger partial charge in [0.1, 0.15) is 6.04 Å². The van der Waals surface area contributed by atoms with E-state index in [1.54, 1.807) is 6.92 Å². The van der Waals surface area contributed by atoms with E-state index in [-0.39, 0.29) is 12.0 Å². The van der Waals surface area contributed by atoms with Crippen LogP contribution in [0.25, 0.3) is 0 Å². The molecule has 1 aliphatic rings. The molecule has 15 heavy (non-hydrogen) atoms. The lowest BCUT2D eigenvalue weighted by Crippen LogP contribution is -2.40. The number of carbonyl (C=O) groups is 2. The average Bonchev–Trinajstić information content (AvgIpc) is 2.42. The number of carbonyl (C=O) groups excluding carboxylic acids is 1. The van der Waals surface area contributed by atoms with Crippen LogP contribution in [0.5, 0.6) is 0 Å². The molecule has 1 amide bonds. The number of aliphatic carboxylic acids is 1. The van der Waals surface area contributed by atoms with Crippen LogP contribution in [0, 0.1) is 5.41 Å². The maximum absolute atomic E-state index is 11.5. The molecular formula is C10H17NO4. The summed E-state index contributed by atoms with van der Waals surface area (Å²) < 4.78 is 4.82. The molecule has 5 nitrogen and oxygen atoms in total. The molecule has 0 spiro atoms. The van der Waals surface area contributed by atoms with Gasteiger partial charge in [0.05, 0.1) is 6.61 Å². The number of rotatable bonds is 2. The van der Waals surface area contributed by atoms with E-state index in [1.165, 1.54) is 4.90 Å². The highest BCUT2D eigenvalue weighted by atomic mass is 16.6. The molecule has 86 valence electrons. The molecule has 1 heterocycles. The quantitative estimate of drug-likeness (QED) is 0.754. The average molecular weight is 215 g/mol. The lowest BCUT2D eigenvalue weighted by atomic mass is 9.91. The second-order valence-corrected chi connectivity index (χ2v) is 4.55. The van der Waals surface area contributed by atoms with Crippen LogP contribution < -0.4 is 0 Å². The highest BCUT2D eigenvalue weighted by molar-refractivity contribution is 5.81. The normalized spacial score (nSPS) is 23.9. The maximum atomic E-state index is 11.5. The Hall–Kier alpha value is -1.26. The lowest BCUT2D eigenvalue weighted by Gasteiger charge is -2.21. The first-order valence-corrected chi connectivity index (χ1v) is 5.03. The van der Waals surface area contributed by atoms with Crippen molar-refractivity contribution in [3.05, 3.63) is 0 Å². The van der Waals surface area contributed by atoms with E-state index in [0.717, 1.165) is 0 Å². The van der Waals surface area contributed by atoms with Gasteiger partial charge >= 0.3 is 12.1 Å². The van der Waals surface area contributed by atoms with E-state index in [4.69, 9.17) is 9.84 Å². The van der Waals surface area contributed by atoms with E-state index in [0.29, 0.717) is 13.0 Å². The van der Waals surface area contributed by atoms with E-state index in [2.05, 4.69) is 0 Å². The molecule has 1 aliphatic heterocycles. The molecule has 1 fully saturated rings. The Morgan fingerprint density at radius 1 is 1.53 bits per heavy atom. The molecule has 0 saturated carbocycles. The highest BCUT2D eigenvalue weighted by Crippen LogP contribution is 2.34. The number of carboxylic acid groups (broad SMARTS) is 1. The Kier molecular flexibility index (Phi) is 3.21. The third-order valence-electron chi connectivity index (χ3n) is 2.51. The Labute approximate surface area is 89.0 Å². The van der Waals surface area contributed by atoms with Crippen molar-refractivity contribution >= 4 is 12.1 Å². The van der Waals surface area contributed by atoms with Gasteiger partial charge in [0.15, 0.2) is 0 Å². The van der Waals surface area contributed by atoms with Gasteiger partial charge < -0.3 is 9.84 Å². The molecule has 0 aromatic rings. The Bertz CT molecular complexity index is 275. The van der Waals surface area contributed by atoms with Crippen molar-refractivity contribution in [2.75, 3.05) is 13.2 Å². The van der Waals surface area contributed by atoms with E-state index in [1.807, 2.05) is 13.8 Å². The largest absolute Gasteiger partial charge is 0.480 e. The number of hydrogen-bond acceptors (Lipinski definition) is 3. The fourth-order valence-corrected chi connectivity index (χ4v) is 1.89. The molecule has 1 saturated heterocycles. The minimum atomic E-state index is -0.964. The van der Waals surface area contributed by atoms with Crippen molar-refractivity contribution in [3.8, 4) is 0 Å². The fraction of sp³-hybridized carbons (Fsp3) is 0.800. The summed E-state index contributed by atoms with van der Waals surface area (Å²) in [5, 5.41) is 8.98. The number of likely N-dealkylation sites (tertiary alicyclic amines) is 1. The second kappa shape index (κ2) is 4.08. The van der Waals surface area contributed by atoms with Gasteiger partial charge in [-0.2, -0.15) is 0 Å². The zero-order valence-corrected chi connectivity index (χ0v) is 9.32. The third kappa shape index (κ3) is 2.61. The van der Waals surface area contributed by atoms with Crippen molar-refractivity contribution in [2.24, 2.45) is 5.41 Å². The molecule has 1 rings (SSSR count). The predicted octanol–water partition coefficient (Wildman–Crippen LogP) is 1.33. The van der Waals surface area contributed by atoms with Crippen molar-refractivity contribution in [2.45, 2.75) is 33.2 Å². The maximum Gasteiger partial charge on any atom is 0.410 e. The van der Waals surface area contributed by atoms with Gasteiger partial charge in [-0.05, 0) is 18.8 Å². The Morgan fingerprint density at radius 3 is 2.60 bits per heavy atom. The summed E-state index contributed by atoms with van der Waals surface area (Å²) in [7, 11) is 0. The molecule has 0 aliphatic carbocycles. The molecule has 1 atom stereocenters. The first-order valence-electron chi connectivity index (χ1n) is 5.03. The number of nitrogens with zero attached hydrogens (tertiary/aromatic N) is 1. The first kappa shape index (κ1) is 11.8. The van der Waals surface area contributed by atoms with Gasteiger partial charge in [0.2, 0.25) is 0 Å². The Morgan fingerprint density at radius 2 is 2.13 bits per heavy atom. The van der Waals surface area contributed by atoms with Crippen molar-refractivity contribution < 1.29 is 19.4 Å². The third-order valence-corrected chi connectivity index (χ3v) is 2.51. The van der Waals surface area contributed by atoms with Gasteiger partial charge in [-0.25, -0.2) is 9.59 Å². The van der Waals surface area contributed by atoms with E-state index in [9.17, 15) is 9.59 Å². The zero-order valence-electron chi connectivity index (χ0n) is 9.32. The topological polar surface area (TPSA) is 66.8 Å². The summed E-state index contributed by atoms with van der Waals surface area (Å²) in [5.41, 5.74) is -0.157. The second-order valence-electron chi connectivity index (χ2n) is 4.55. The van der Waals surface area contributed by atoms with Crippen LogP contribution in [-0.2, 0) is 9.53 Å². The van der Waals surface area contributed by atoms with Crippen LogP contribution in [0.3, 0.4) is 0 Å². The minimum absolute atomic E-state index is 0.157. The van der Waals surface area contributed by atoms with Gasteiger partial charge in [-0.1, -0.05) is 13.8 Å². The number of amides is 1. The molecule has 0 aromatic heterocycles. The minimum Gasteiger partial charge on any atom is -0.480 e. The van der Waals surface area contributed by atoms with Gasteiger partial charge in [-0.15, -0.1) is 0 Å². The molecule has 1 N–H and O–H groups in total. The zero-order chi connectivity index (χ0) is 11.6. The standard InChI is InChI=1S/C10H17NO4/c1-4-15-9(14)11-6-10(2,3)5-7(11)8(12)13/h7H,4-6H2,1-3H3,(H,12,13)/t7-/m0/s1. The van der Waals surface area contributed by atoms with Crippen molar-refractivity contribution in [3.63, 3.8) is 0 Å². The Balaban J connectivity index is 2.77. The van der Waals surface area contributed by atoms with Gasteiger partial charge in [-0.3, -0.25) is 4.90 Å². The van der Waals surface area contributed by atoms with Crippen molar-refractivity contribution in [1.29, 1.82) is 0 Å². The van der Waals surface area contributed by atoms with E-state index >= 15 is 0 Å². The number of carboxylic acids is 1. The summed E-state index contributed by atoms with van der Waals surface area (Å²) in [6.45, 7) is 6.30. The van der Waals surface area contributed by atoms with Crippen LogP contribution in [0.4, 0.5) is 4.79 Å². The summed E-state index contributed by atoms with van der Waals surface area (Å²) in [4.78, 5) is 23.7. The summed E-state index contributed by atoms with van der Waals surface area (Å²) in [6.07, 6.45) is -0.0586. The van der Waals surface area contributed by atoms with Crippen LogP contribution in [0.2, 0.25) is 0 Å². The fourth-order valence-electron chi connectivity index (χ4n) is 1.89. The lowest BCUT2D eigenvalue weighted by molar-refractivity contribution is -0.141. The van der Waals surface area contributed by atoms with Crippen LogP contribution in [0.15, 0.2) is 0 Å². The van der Waals surface area contributed by atoms with Crippen LogP contribution in [-0.4, -0.2) is 41.3 Å².